The summed E-state index contributed by atoms with van der Waals surface area (Å²) in [7, 11) is 0. The smallest absolute Gasteiger partial charge is 0.188 e. The first kappa shape index (κ1) is 31.0. The van der Waals surface area contributed by atoms with Gasteiger partial charge in [0.15, 0.2) is 5.69 Å². The zero-order valence-electron chi connectivity index (χ0n) is 28.8. The molecule has 10 rings (SSSR count). The average Bonchev–Trinajstić information content (AvgIpc) is 3.62. The van der Waals surface area contributed by atoms with E-state index in [-0.39, 0.29) is 0 Å². The van der Waals surface area contributed by atoms with E-state index in [0.717, 1.165) is 38.9 Å². The molecule has 0 aliphatic carbocycles. The van der Waals surface area contributed by atoms with Crippen molar-refractivity contribution in [2.75, 3.05) is 0 Å². The van der Waals surface area contributed by atoms with Crippen molar-refractivity contribution < 1.29 is 0 Å². The molecule has 9 aromatic carbocycles. The highest BCUT2D eigenvalue weighted by Crippen LogP contribution is 2.41. The van der Waals surface area contributed by atoms with E-state index in [1.165, 1.54) is 58.4 Å². The molecule has 246 valence electrons. The van der Waals surface area contributed by atoms with E-state index in [1.807, 2.05) is 23.5 Å². The molecule has 0 saturated carbocycles. The van der Waals surface area contributed by atoms with E-state index in [9.17, 15) is 0 Å². The summed E-state index contributed by atoms with van der Waals surface area (Å²) in [5.41, 5.74) is 12.0. The molecule has 0 N–H and O–H groups in total. The molecule has 0 atom stereocenters. The Hall–Kier alpha value is -6.79. The lowest BCUT2D eigenvalue weighted by atomic mass is 9.91. The summed E-state index contributed by atoms with van der Waals surface area (Å²) in [6.45, 7) is 7.98. The molecule has 53 heavy (non-hydrogen) atoms. The Labute approximate surface area is 312 Å². The van der Waals surface area contributed by atoms with Crippen molar-refractivity contribution in [2.24, 2.45) is 0 Å². The number of thiophene rings is 1. The van der Waals surface area contributed by atoms with Crippen LogP contribution in [0.4, 0.5) is 5.69 Å². The third-order valence-corrected chi connectivity index (χ3v) is 11.7. The molecule has 0 saturated heterocycles. The molecule has 1 nitrogen and oxygen atoms in total. The highest BCUT2D eigenvalue weighted by atomic mass is 32.1. The minimum absolute atomic E-state index is 0.629. The predicted octanol–water partition coefficient (Wildman–Crippen LogP) is 15.2. The molecule has 0 fully saturated rings. The van der Waals surface area contributed by atoms with Crippen LogP contribution in [0.25, 0.3) is 102 Å². The minimum atomic E-state index is 0.629. The molecule has 1 heterocycles. The predicted molar refractivity (Wildman–Crippen MR) is 228 cm³/mol. The van der Waals surface area contributed by atoms with Gasteiger partial charge in [0.2, 0.25) is 0 Å². The Kier molecular flexibility index (Phi) is 7.46. The Balaban J connectivity index is 1.00. The average molecular weight is 690 g/mol. The van der Waals surface area contributed by atoms with Crippen molar-refractivity contribution in [3.63, 3.8) is 0 Å². The lowest BCUT2D eigenvalue weighted by Gasteiger charge is -2.13. The normalized spacial score (nSPS) is 11.4. The fraction of sp³-hybridized carbons (Fsp3) is 0. The molecule has 2 heteroatoms. The molecule has 0 aliphatic heterocycles. The third-order valence-electron chi connectivity index (χ3n) is 10.5. The van der Waals surface area contributed by atoms with Gasteiger partial charge in [0, 0.05) is 20.2 Å². The number of benzene rings is 9. The molecule has 10 aromatic rings. The van der Waals surface area contributed by atoms with Crippen LogP contribution in [-0.2, 0) is 0 Å². The summed E-state index contributed by atoms with van der Waals surface area (Å²) in [5.74, 6) is 0. The van der Waals surface area contributed by atoms with Crippen LogP contribution in [0.3, 0.4) is 0 Å². The summed E-state index contributed by atoms with van der Waals surface area (Å²) >= 11 is 1.86. The van der Waals surface area contributed by atoms with Gasteiger partial charge in [0.25, 0.3) is 0 Å². The SMILES string of the molecule is [C-]#[N+]c1cc(-c2cccc(-c3ccc(-c4cccc5c4sc4ccccc45)cc3)c2)cc(-c2cccc(-c3cc4ccccc4c4ccccc34)c2)c1. The van der Waals surface area contributed by atoms with Crippen LogP contribution in [0.2, 0.25) is 0 Å². The maximum Gasteiger partial charge on any atom is 0.188 e. The van der Waals surface area contributed by atoms with Crippen LogP contribution >= 0.6 is 11.3 Å². The lowest BCUT2D eigenvalue weighted by Crippen LogP contribution is -1.87. The van der Waals surface area contributed by atoms with Crippen molar-refractivity contribution in [1.29, 1.82) is 0 Å². The van der Waals surface area contributed by atoms with Gasteiger partial charge >= 0.3 is 0 Å². The molecule has 0 spiro atoms. The first-order valence-corrected chi connectivity index (χ1v) is 18.7. The zero-order chi connectivity index (χ0) is 35.3. The van der Waals surface area contributed by atoms with Crippen LogP contribution < -0.4 is 0 Å². The van der Waals surface area contributed by atoms with Crippen molar-refractivity contribution in [3.05, 3.63) is 199 Å². The van der Waals surface area contributed by atoms with Gasteiger partial charge in [-0.1, -0.05) is 146 Å². The maximum absolute atomic E-state index is 7.98. The van der Waals surface area contributed by atoms with Crippen molar-refractivity contribution in [3.8, 4) is 55.6 Å². The van der Waals surface area contributed by atoms with E-state index in [1.54, 1.807) is 0 Å². The van der Waals surface area contributed by atoms with Crippen molar-refractivity contribution in [2.45, 2.75) is 0 Å². The van der Waals surface area contributed by atoms with Gasteiger partial charge in [0.05, 0.1) is 6.57 Å². The number of rotatable bonds is 5. The molecule has 0 aliphatic rings. The molecule has 1 aromatic heterocycles. The van der Waals surface area contributed by atoms with Gasteiger partial charge < -0.3 is 0 Å². The molecular formula is C51H31NS. The first-order valence-electron chi connectivity index (χ1n) is 17.9. The van der Waals surface area contributed by atoms with E-state index >= 15 is 0 Å². The molecule has 0 amide bonds. The Bertz CT molecular complexity index is 3070. The minimum Gasteiger partial charge on any atom is -0.238 e. The molecule has 0 unspecified atom stereocenters. The summed E-state index contributed by atoms with van der Waals surface area (Å²) in [6.07, 6.45) is 0. The summed E-state index contributed by atoms with van der Waals surface area (Å²) < 4.78 is 2.65. The van der Waals surface area contributed by atoms with Crippen LogP contribution in [-0.4, -0.2) is 0 Å². The number of hydrogen-bond acceptors (Lipinski definition) is 1. The fourth-order valence-corrected chi connectivity index (χ4v) is 9.10. The van der Waals surface area contributed by atoms with Crippen LogP contribution in [0.1, 0.15) is 0 Å². The third kappa shape index (κ3) is 5.47. The van der Waals surface area contributed by atoms with Crippen molar-refractivity contribution in [1.82, 2.24) is 0 Å². The molecule has 0 bridgehead atoms. The summed E-state index contributed by atoms with van der Waals surface area (Å²) in [6, 6.07) is 67.4. The number of fused-ring (bicyclic) bond motifs is 6. The largest absolute Gasteiger partial charge is 0.238 e. The standard InChI is InChI=1S/C51H31NS/c1-52-42-30-40(29-41(31-42)37-14-9-15-38(28-37)49-32-39-11-2-3-16-43(39)45-17-4-5-18-46(45)49)36-13-8-12-35(27-36)33-23-25-34(26-24-33)44-20-10-21-48-47-19-6-7-22-50(47)53-51(44)48/h2-32H. The Morgan fingerprint density at radius 1 is 0.340 bits per heavy atom. The number of hydrogen-bond donors (Lipinski definition) is 0. The van der Waals surface area contributed by atoms with E-state index in [4.69, 9.17) is 6.57 Å². The molecule has 0 radical (unpaired) electrons. The van der Waals surface area contributed by atoms with E-state index in [0.29, 0.717) is 5.69 Å². The highest BCUT2D eigenvalue weighted by molar-refractivity contribution is 7.26. The second-order valence-corrected chi connectivity index (χ2v) is 14.6. The Morgan fingerprint density at radius 2 is 0.887 bits per heavy atom. The highest BCUT2D eigenvalue weighted by Gasteiger charge is 2.13. The first-order chi connectivity index (χ1) is 26.2. The monoisotopic (exact) mass is 689 g/mol. The fourth-order valence-electron chi connectivity index (χ4n) is 7.86. The summed E-state index contributed by atoms with van der Waals surface area (Å²) in [5, 5.41) is 7.62. The number of nitrogens with zero attached hydrogens (tertiary/aromatic N) is 1. The lowest BCUT2D eigenvalue weighted by molar-refractivity contribution is 1.57. The van der Waals surface area contributed by atoms with Gasteiger partial charge in [-0.2, -0.15) is 0 Å². The second kappa shape index (κ2) is 12.8. The topological polar surface area (TPSA) is 4.36 Å². The van der Waals surface area contributed by atoms with E-state index in [2.05, 4.69) is 181 Å². The van der Waals surface area contributed by atoms with E-state index < -0.39 is 0 Å². The zero-order valence-corrected chi connectivity index (χ0v) is 29.6. The van der Waals surface area contributed by atoms with Crippen LogP contribution in [0.5, 0.6) is 0 Å². The van der Waals surface area contributed by atoms with Crippen LogP contribution in [0.15, 0.2) is 188 Å². The van der Waals surface area contributed by atoms with Crippen LogP contribution in [0, 0.1) is 6.57 Å². The van der Waals surface area contributed by atoms with Gasteiger partial charge in [0.1, 0.15) is 0 Å². The summed E-state index contributed by atoms with van der Waals surface area (Å²) in [4.78, 5) is 3.90. The van der Waals surface area contributed by atoms with Crippen molar-refractivity contribution >= 4 is 58.7 Å². The van der Waals surface area contributed by atoms with Gasteiger partial charge in [-0.3, -0.25) is 0 Å². The van der Waals surface area contributed by atoms with Gasteiger partial charge in [-0.15, -0.1) is 11.3 Å². The quantitative estimate of drug-likeness (QED) is 0.125. The molecular weight excluding hydrogens is 659 g/mol. The maximum atomic E-state index is 7.98. The van der Waals surface area contributed by atoms with Gasteiger partial charge in [-0.05, 0) is 120 Å². The second-order valence-electron chi connectivity index (χ2n) is 13.6. The Morgan fingerprint density at radius 3 is 1.64 bits per heavy atom. The van der Waals surface area contributed by atoms with Gasteiger partial charge in [-0.25, -0.2) is 4.85 Å².